The van der Waals surface area contributed by atoms with E-state index in [4.69, 9.17) is 26.8 Å². The van der Waals surface area contributed by atoms with E-state index in [1.54, 1.807) is 6.20 Å². The van der Waals surface area contributed by atoms with Crippen molar-refractivity contribution in [1.29, 1.82) is 0 Å². The second kappa shape index (κ2) is 8.83. The summed E-state index contributed by atoms with van der Waals surface area (Å²) in [5, 5.41) is 5.25. The minimum Gasteiger partial charge on any atom is -0.462 e. The van der Waals surface area contributed by atoms with Gasteiger partial charge in [0.15, 0.2) is 0 Å². The number of fused-ring (bicyclic) bond motifs is 1. The van der Waals surface area contributed by atoms with Gasteiger partial charge in [0.25, 0.3) is 0 Å². The average Bonchev–Trinajstić information content (AvgIpc) is 3.31. The molecule has 2 aromatic rings. The molecule has 2 fully saturated rings. The van der Waals surface area contributed by atoms with Crippen molar-refractivity contribution in [2.24, 2.45) is 4.99 Å². The van der Waals surface area contributed by atoms with E-state index in [1.165, 1.54) is 0 Å². The number of halogens is 3. The molecule has 3 N–H and O–H groups in total. The molecule has 5 heterocycles. The van der Waals surface area contributed by atoms with Gasteiger partial charge >= 0.3 is 5.95 Å². The lowest BCUT2D eigenvalue weighted by Gasteiger charge is -2.31. The summed E-state index contributed by atoms with van der Waals surface area (Å²) in [6.45, 7) is 2.51. The topological polar surface area (TPSA) is 88.2 Å². The van der Waals surface area contributed by atoms with E-state index < -0.39 is 6.17 Å². The molecule has 35 heavy (non-hydrogen) atoms. The van der Waals surface area contributed by atoms with Crippen LogP contribution in [-0.4, -0.2) is 52.9 Å². The van der Waals surface area contributed by atoms with E-state index in [0.717, 1.165) is 36.0 Å². The molecule has 2 saturated heterocycles. The number of pyridine rings is 1. The van der Waals surface area contributed by atoms with Gasteiger partial charge in [-0.3, -0.25) is 9.89 Å². The standard InChI is InChI=1S/C24H25BrClFN6O2/c25-16-7-17-19-21(20(16)26)30-13-31-23(19)32(9-14-3-1-5-29-22(14)28)11-18(35-17)34-12-24-4-2-6-33(24)10-15(27)8-24/h1,3,5,7,11,15,31H,2,4,6,8-10,12-13H2,(H2,28,29)/t15-,24+/m1/s1. The molecule has 0 radical (unpaired) electrons. The minimum atomic E-state index is -0.825. The van der Waals surface area contributed by atoms with Crippen LogP contribution in [0.15, 0.2) is 46.0 Å². The number of benzene rings is 1. The van der Waals surface area contributed by atoms with Gasteiger partial charge in [-0.25, -0.2) is 9.37 Å². The van der Waals surface area contributed by atoms with Crippen molar-refractivity contribution in [2.45, 2.75) is 37.5 Å². The van der Waals surface area contributed by atoms with E-state index in [1.807, 2.05) is 29.3 Å². The number of aromatic nitrogens is 1. The Bertz CT molecular complexity index is 1340. The van der Waals surface area contributed by atoms with Crippen LogP contribution in [-0.2, 0) is 11.3 Å². The van der Waals surface area contributed by atoms with Crippen LogP contribution >= 0.6 is 27.5 Å². The van der Waals surface area contributed by atoms with E-state index in [2.05, 4.69) is 36.1 Å². The highest BCUT2D eigenvalue weighted by atomic mass is 79.9. The van der Waals surface area contributed by atoms with E-state index in [9.17, 15) is 4.39 Å². The Morgan fingerprint density at radius 2 is 2.31 bits per heavy atom. The van der Waals surface area contributed by atoms with E-state index >= 15 is 0 Å². The number of nitrogen functional groups attached to an aromatic ring is 1. The van der Waals surface area contributed by atoms with Gasteiger partial charge in [0.1, 0.15) is 36.8 Å². The van der Waals surface area contributed by atoms with Crippen molar-refractivity contribution < 1.29 is 13.9 Å². The zero-order valence-electron chi connectivity index (χ0n) is 18.9. The maximum atomic E-state index is 14.3. The SMILES string of the molecule is Nc1ncccc1CN1C=C(OC[C@@]23CCCN2C[C@H](F)C3)Oc2cc(Br)c(Cl)c3c2=C1NCN=3. The van der Waals surface area contributed by atoms with Crippen LogP contribution in [0.4, 0.5) is 10.2 Å². The molecule has 11 heteroatoms. The average molecular weight is 564 g/mol. The van der Waals surface area contributed by atoms with Gasteiger partial charge in [-0.1, -0.05) is 17.7 Å². The largest absolute Gasteiger partial charge is 0.462 e. The van der Waals surface area contributed by atoms with Crippen molar-refractivity contribution in [3.05, 3.63) is 62.2 Å². The Labute approximate surface area is 215 Å². The number of ether oxygens (including phenoxy) is 2. The molecule has 0 spiro atoms. The quantitative estimate of drug-likeness (QED) is 0.578. The molecule has 4 aliphatic rings. The van der Waals surface area contributed by atoms with Crippen LogP contribution in [0.2, 0.25) is 5.02 Å². The molecule has 0 aliphatic carbocycles. The Kier molecular flexibility index (Phi) is 5.77. The summed E-state index contributed by atoms with van der Waals surface area (Å²) in [6.07, 6.45) is 5.09. The molecule has 8 nitrogen and oxygen atoms in total. The van der Waals surface area contributed by atoms with Crippen molar-refractivity contribution in [3.8, 4) is 5.75 Å². The summed E-state index contributed by atoms with van der Waals surface area (Å²) in [6, 6.07) is 5.60. The predicted octanol–water partition coefficient (Wildman–Crippen LogP) is 2.61. The number of rotatable bonds is 5. The summed E-state index contributed by atoms with van der Waals surface area (Å²) < 4.78 is 27.6. The monoisotopic (exact) mass is 562 g/mol. The maximum absolute atomic E-state index is 14.3. The highest BCUT2D eigenvalue weighted by molar-refractivity contribution is 9.10. The van der Waals surface area contributed by atoms with Crippen molar-refractivity contribution >= 4 is 39.2 Å². The van der Waals surface area contributed by atoms with Gasteiger partial charge < -0.3 is 25.4 Å². The van der Waals surface area contributed by atoms with Crippen molar-refractivity contribution in [3.63, 3.8) is 0 Å². The van der Waals surface area contributed by atoms with Crippen LogP contribution in [0.3, 0.4) is 0 Å². The second-order valence-electron chi connectivity index (χ2n) is 9.33. The minimum absolute atomic E-state index is 0.294. The first-order chi connectivity index (χ1) is 16.9. The van der Waals surface area contributed by atoms with Gasteiger partial charge in [-0.15, -0.1) is 0 Å². The van der Waals surface area contributed by atoms with Gasteiger partial charge in [0.2, 0.25) is 0 Å². The van der Waals surface area contributed by atoms with Gasteiger partial charge in [-0.2, -0.15) is 0 Å². The lowest BCUT2D eigenvalue weighted by molar-refractivity contribution is 0.0265. The number of alkyl halides is 1. The number of anilines is 1. The molecule has 0 bridgehead atoms. The first-order valence-corrected chi connectivity index (χ1v) is 12.8. The predicted molar refractivity (Wildman–Crippen MR) is 133 cm³/mol. The molecule has 0 amide bonds. The first-order valence-electron chi connectivity index (χ1n) is 11.6. The lowest BCUT2D eigenvalue weighted by atomic mass is 9.95. The Balaban J connectivity index is 1.40. The molecule has 184 valence electrons. The summed E-state index contributed by atoms with van der Waals surface area (Å²) in [4.78, 5) is 13.0. The number of nitrogens with zero attached hydrogens (tertiary/aromatic N) is 4. The van der Waals surface area contributed by atoms with Gasteiger partial charge in [-0.05, 0) is 47.4 Å². The maximum Gasteiger partial charge on any atom is 0.301 e. The second-order valence-corrected chi connectivity index (χ2v) is 10.6. The normalized spacial score (nSPS) is 25.1. The van der Waals surface area contributed by atoms with Crippen molar-refractivity contribution in [2.75, 3.05) is 32.1 Å². The molecule has 1 aromatic heterocycles. The number of hydrogen-bond acceptors (Lipinski definition) is 8. The number of nitrogens with one attached hydrogen (secondary N) is 1. The zero-order valence-corrected chi connectivity index (χ0v) is 21.3. The highest BCUT2D eigenvalue weighted by Gasteiger charge is 2.49. The highest BCUT2D eigenvalue weighted by Crippen LogP contribution is 2.40. The number of hydrogen-bond donors (Lipinski definition) is 2. The van der Waals surface area contributed by atoms with E-state index in [0.29, 0.717) is 65.2 Å². The van der Waals surface area contributed by atoms with Crippen molar-refractivity contribution in [1.82, 2.24) is 20.1 Å². The van der Waals surface area contributed by atoms with Crippen LogP contribution in [0.1, 0.15) is 24.8 Å². The Hall–Kier alpha value is -2.56. The molecule has 0 unspecified atom stereocenters. The lowest BCUT2D eigenvalue weighted by Crippen LogP contribution is -2.43. The van der Waals surface area contributed by atoms with Crippen LogP contribution < -0.4 is 26.4 Å². The molecular weight excluding hydrogens is 539 g/mol. The fourth-order valence-electron chi connectivity index (χ4n) is 5.52. The molecule has 4 aliphatic heterocycles. The summed E-state index contributed by atoms with van der Waals surface area (Å²) >= 11 is 10.1. The van der Waals surface area contributed by atoms with Gasteiger partial charge in [0.05, 0.1) is 33.9 Å². The number of nitrogens with two attached hydrogens (primary N) is 1. The third kappa shape index (κ3) is 4.01. The molecule has 6 rings (SSSR count). The Morgan fingerprint density at radius 3 is 3.17 bits per heavy atom. The third-order valence-electron chi connectivity index (χ3n) is 7.15. The summed E-state index contributed by atoms with van der Waals surface area (Å²) in [7, 11) is 0. The van der Waals surface area contributed by atoms with Crippen LogP contribution in [0.5, 0.6) is 5.75 Å². The third-order valence-corrected chi connectivity index (χ3v) is 8.39. The fraction of sp³-hybridized carbons (Fsp3) is 0.417. The first kappa shape index (κ1) is 22.9. The Morgan fingerprint density at radius 1 is 1.43 bits per heavy atom. The zero-order chi connectivity index (χ0) is 24.2. The summed E-state index contributed by atoms with van der Waals surface area (Å²) in [5.41, 5.74) is 6.71. The summed E-state index contributed by atoms with van der Waals surface area (Å²) in [5.74, 6) is 2.11. The van der Waals surface area contributed by atoms with Crippen LogP contribution in [0, 0.1) is 0 Å². The molecule has 2 atom stereocenters. The molecule has 0 saturated carbocycles. The van der Waals surface area contributed by atoms with E-state index in [-0.39, 0.29) is 5.54 Å². The molecule has 1 aromatic carbocycles. The fourth-order valence-corrected chi connectivity index (χ4v) is 6.12. The van der Waals surface area contributed by atoms with Gasteiger partial charge in [0, 0.05) is 29.2 Å². The molecular formula is C24H25BrClFN6O2. The smallest absolute Gasteiger partial charge is 0.301 e. The van der Waals surface area contributed by atoms with Crippen LogP contribution in [0.25, 0.3) is 5.82 Å².